The average Bonchev–Trinajstić information content (AvgIpc) is 2.71. The molecule has 28 heavy (non-hydrogen) atoms. The highest BCUT2D eigenvalue weighted by Gasteiger charge is 2.22. The molecule has 138 valence electrons. The molecule has 1 aliphatic heterocycles. The van der Waals surface area contributed by atoms with E-state index in [1.54, 1.807) is 31.3 Å². The van der Waals surface area contributed by atoms with Crippen LogP contribution in [-0.2, 0) is 6.42 Å². The van der Waals surface area contributed by atoms with Crippen molar-refractivity contribution in [2.24, 2.45) is 0 Å². The maximum Gasteiger partial charge on any atom is 0.193 e. The predicted octanol–water partition coefficient (Wildman–Crippen LogP) is 5.21. The van der Waals surface area contributed by atoms with Gasteiger partial charge in [0.05, 0.1) is 23.7 Å². The second-order valence-electron chi connectivity index (χ2n) is 6.63. The normalized spacial score (nSPS) is 12.1. The van der Waals surface area contributed by atoms with Gasteiger partial charge in [-0.1, -0.05) is 33.8 Å². The zero-order chi connectivity index (χ0) is 19.3. The summed E-state index contributed by atoms with van der Waals surface area (Å²) in [7, 11) is 1.63. The van der Waals surface area contributed by atoms with Gasteiger partial charge in [-0.05, 0) is 42.0 Å². The topological polar surface area (TPSA) is 44.1 Å². The summed E-state index contributed by atoms with van der Waals surface area (Å²) in [5.41, 5.74) is 3.79. The first-order valence-corrected chi connectivity index (χ1v) is 10.4. The maximum absolute atomic E-state index is 13.3. The molecule has 6 heteroatoms. The van der Waals surface area contributed by atoms with E-state index in [1.807, 2.05) is 36.5 Å². The van der Waals surface area contributed by atoms with Gasteiger partial charge in [0.25, 0.3) is 0 Å². The number of hydrogen-bond acceptors (Lipinski definition) is 4. The van der Waals surface area contributed by atoms with E-state index >= 15 is 0 Å². The fraction of sp³-hybridized carbons (Fsp3) is 0.0909. The lowest BCUT2D eigenvalue weighted by Crippen LogP contribution is -2.17. The first-order chi connectivity index (χ1) is 13.6. The molecule has 4 nitrogen and oxygen atoms in total. The number of fused-ring (bicyclic) bond motifs is 2. The van der Waals surface area contributed by atoms with Gasteiger partial charge in [0, 0.05) is 44.8 Å². The lowest BCUT2D eigenvalue weighted by atomic mass is 10.0. The number of aromatic nitrogens is 2. The van der Waals surface area contributed by atoms with Gasteiger partial charge in [-0.2, -0.15) is 0 Å². The summed E-state index contributed by atoms with van der Waals surface area (Å²) >= 11 is 5.22. The third-order valence-corrected chi connectivity index (χ3v) is 6.44. The number of methoxy groups -OCH3 is 1. The predicted molar refractivity (Wildman–Crippen MR) is 115 cm³/mol. The zero-order valence-corrected chi connectivity index (χ0v) is 17.4. The van der Waals surface area contributed by atoms with E-state index in [-0.39, 0.29) is 5.43 Å². The quantitative estimate of drug-likeness (QED) is 0.378. The second kappa shape index (κ2) is 6.79. The Balaban J connectivity index is 1.82. The zero-order valence-electron chi connectivity index (χ0n) is 15.0. The van der Waals surface area contributed by atoms with Crippen LogP contribution in [0.25, 0.3) is 16.6 Å². The van der Waals surface area contributed by atoms with Crippen LogP contribution in [0.15, 0.2) is 80.1 Å². The smallest absolute Gasteiger partial charge is 0.193 e. The average molecular weight is 451 g/mol. The minimum atomic E-state index is 0.0383. The number of ether oxygens (including phenoxy) is 1. The molecule has 0 unspecified atom stereocenters. The van der Waals surface area contributed by atoms with E-state index in [4.69, 9.17) is 4.74 Å². The Morgan fingerprint density at radius 1 is 1.18 bits per heavy atom. The molecule has 0 amide bonds. The van der Waals surface area contributed by atoms with E-state index < -0.39 is 0 Å². The van der Waals surface area contributed by atoms with Gasteiger partial charge in [-0.3, -0.25) is 9.78 Å². The van der Waals surface area contributed by atoms with E-state index in [2.05, 4.69) is 37.6 Å². The lowest BCUT2D eigenvalue weighted by Gasteiger charge is -2.24. The summed E-state index contributed by atoms with van der Waals surface area (Å²) in [4.78, 5) is 19.6. The van der Waals surface area contributed by atoms with Crippen LogP contribution < -0.4 is 10.2 Å². The summed E-state index contributed by atoms with van der Waals surface area (Å²) in [5.74, 6) is 0.690. The Hall–Kier alpha value is -2.57. The van der Waals surface area contributed by atoms with Gasteiger partial charge in [-0.25, -0.2) is 0 Å². The van der Waals surface area contributed by atoms with Crippen LogP contribution in [0.1, 0.15) is 11.1 Å². The molecule has 0 atom stereocenters. The molecular weight excluding hydrogens is 436 g/mol. The van der Waals surface area contributed by atoms with Crippen LogP contribution in [0.2, 0.25) is 0 Å². The highest BCUT2D eigenvalue weighted by atomic mass is 79.9. The molecule has 0 spiro atoms. The van der Waals surface area contributed by atoms with Crippen molar-refractivity contribution >= 4 is 38.6 Å². The first-order valence-electron chi connectivity index (χ1n) is 8.77. The van der Waals surface area contributed by atoms with Gasteiger partial charge in [-0.15, -0.1) is 0 Å². The van der Waals surface area contributed by atoms with Gasteiger partial charge in [0.1, 0.15) is 5.75 Å². The number of nitrogens with zero attached hydrogens (tertiary/aromatic N) is 2. The molecule has 0 bridgehead atoms. The second-order valence-corrected chi connectivity index (χ2v) is 8.63. The van der Waals surface area contributed by atoms with E-state index in [1.165, 1.54) is 0 Å². The first kappa shape index (κ1) is 17.5. The van der Waals surface area contributed by atoms with Crippen molar-refractivity contribution in [2.45, 2.75) is 16.2 Å². The number of rotatable bonds is 3. The molecule has 0 aliphatic carbocycles. The highest BCUT2D eigenvalue weighted by molar-refractivity contribution is 9.10. The summed E-state index contributed by atoms with van der Waals surface area (Å²) in [6, 6.07) is 13.9. The van der Waals surface area contributed by atoms with Crippen molar-refractivity contribution in [1.29, 1.82) is 0 Å². The van der Waals surface area contributed by atoms with Gasteiger partial charge < -0.3 is 9.30 Å². The Morgan fingerprint density at radius 3 is 2.86 bits per heavy atom. The summed E-state index contributed by atoms with van der Waals surface area (Å²) in [5, 5.41) is 0.678. The van der Waals surface area contributed by atoms with Gasteiger partial charge in [0.2, 0.25) is 0 Å². The summed E-state index contributed by atoms with van der Waals surface area (Å²) < 4.78 is 8.63. The van der Waals surface area contributed by atoms with Crippen LogP contribution in [0.3, 0.4) is 0 Å². The molecule has 3 heterocycles. The Kier molecular flexibility index (Phi) is 4.25. The number of hydrogen-bond donors (Lipinski definition) is 0. The number of benzene rings is 2. The molecule has 2 aromatic carbocycles. The Morgan fingerprint density at radius 2 is 2.07 bits per heavy atom. The van der Waals surface area contributed by atoms with Crippen LogP contribution in [0, 0.1) is 0 Å². The minimum absolute atomic E-state index is 0.0383. The molecular formula is C22H15BrN2O2S. The lowest BCUT2D eigenvalue weighted by molar-refractivity contribution is 0.414. The standard InChI is InChI=1S/C22H15BrN2O2S/c1-27-16-9-17-21-20(10-16)28-19-8-15(23)4-5-18(19)25(21)12-14(22(17)26)7-13-3-2-6-24-11-13/h2-6,8-12H,7H2,1H3. The maximum atomic E-state index is 13.3. The summed E-state index contributed by atoms with van der Waals surface area (Å²) in [6.45, 7) is 0. The molecule has 2 aromatic heterocycles. The minimum Gasteiger partial charge on any atom is -0.497 e. The van der Waals surface area contributed by atoms with Crippen LogP contribution in [0.5, 0.6) is 5.75 Å². The van der Waals surface area contributed by atoms with Crippen molar-refractivity contribution in [3.63, 3.8) is 0 Å². The van der Waals surface area contributed by atoms with E-state index in [0.29, 0.717) is 17.6 Å². The van der Waals surface area contributed by atoms with Crippen molar-refractivity contribution in [3.05, 3.63) is 86.9 Å². The summed E-state index contributed by atoms with van der Waals surface area (Å²) in [6.07, 6.45) is 6.05. The third kappa shape index (κ3) is 2.84. The Labute approximate surface area is 174 Å². The largest absolute Gasteiger partial charge is 0.497 e. The van der Waals surface area contributed by atoms with E-state index in [9.17, 15) is 4.79 Å². The number of pyridine rings is 2. The van der Waals surface area contributed by atoms with Crippen molar-refractivity contribution in [2.75, 3.05) is 7.11 Å². The molecule has 5 rings (SSSR count). The Bertz CT molecular complexity index is 1290. The van der Waals surface area contributed by atoms with Crippen LogP contribution in [-0.4, -0.2) is 16.7 Å². The van der Waals surface area contributed by atoms with Gasteiger partial charge >= 0.3 is 0 Å². The molecule has 1 aliphatic rings. The van der Waals surface area contributed by atoms with Crippen molar-refractivity contribution < 1.29 is 4.74 Å². The number of halogens is 1. The fourth-order valence-corrected chi connectivity index (χ4v) is 5.26. The van der Waals surface area contributed by atoms with E-state index in [0.717, 1.165) is 36.6 Å². The van der Waals surface area contributed by atoms with Crippen molar-refractivity contribution in [3.8, 4) is 11.4 Å². The molecule has 0 saturated carbocycles. The van der Waals surface area contributed by atoms with Crippen LogP contribution >= 0.6 is 27.7 Å². The SMILES string of the molecule is COc1cc2c3c(c1)c(=O)c(Cc1cccnc1)cn3-c1ccc(Br)cc1S2. The van der Waals surface area contributed by atoms with Gasteiger partial charge in [0.15, 0.2) is 5.43 Å². The highest BCUT2D eigenvalue weighted by Crippen LogP contribution is 2.44. The van der Waals surface area contributed by atoms with Crippen LogP contribution in [0.4, 0.5) is 0 Å². The molecule has 0 N–H and O–H groups in total. The monoisotopic (exact) mass is 450 g/mol. The molecule has 0 saturated heterocycles. The van der Waals surface area contributed by atoms with Crippen molar-refractivity contribution in [1.82, 2.24) is 9.55 Å². The fourth-order valence-electron chi connectivity index (χ4n) is 3.58. The molecule has 4 aromatic rings. The molecule has 0 radical (unpaired) electrons. The third-order valence-electron chi connectivity index (χ3n) is 4.86. The molecule has 0 fully saturated rings.